The van der Waals surface area contributed by atoms with Crippen LogP contribution in [0.1, 0.15) is 23.6 Å². The molecule has 3 N–H and O–H groups in total. The maximum absolute atomic E-state index is 13.3. The molecule has 0 aliphatic heterocycles. The first-order valence-corrected chi connectivity index (χ1v) is 4.27. The van der Waals surface area contributed by atoms with E-state index in [9.17, 15) is 4.39 Å². The van der Waals surface area contributed by atoms with Gasteiger partial charge in [-0.05, 0) is 25.0 Å². The second-order valence-electron chi connectivity index (χ2n) is 3.14. The van der Waals surface area contributed by atoms with Gasteiger partial charge in [-0.15, -0.1) is 12.4 Å². The summed E-state index contributed by atoms with van der Waals surface area (Å²) in [6.45, 7) is 1.80. The second-order valence-corrected chi connectivity index (χ2v) is 3.14. The van der Waals surface area contributed by atoms with Crippen LogP contribution >= 0.6 is 12.4 Å². The molecule has 1 unspecified atom stereocenters. The summed E-state index contributed by atoms with van der Waals surface area (Å²) in [6, 6.07) is 4.53. The lowest BCUT2D eigenvalue weighted by molar-refractivity contribution is 0.275. The zero-order chi connectivity index (χ0) is 9.84. The van der Waals surface area contributed by atoms with Crippen LogP contribution in [0.3, 0.4) is 0 Å². The third-order valence-corrected chi connectivity index (χ3v) is 2.00. The molecule has 1 atom stereocenters. The van der Waals surface area contributed by atoms with Gasteiger partial charge in [-0.2, -0.15) is 0 Å². The lowest BCUT2D eigenvalue weighted by Gasteiger charge is -2.11. The molecule has 0 aliphatic carbocycles. The Hall–Kier alpha value is -0.640. The quantitative estimate of drug-likeness (QED) is 0.816. The molecule has 1 aromatic carbocycles. The van der Waals surface area contributed by atoms with E-state index >= 15 is 0 Å². The lowest BCUT2D eigenvalue weighted by atomic mass is 10.0. The van der Waals surface area contributed by atoms with Crippen molar-refractivity contribution in [2.75, 3.05) is 6.61 Å². The van der Waals surface area contributed by atoms with Crippen molar-refractivity contribution in [3.8, 4) is 0 Å². The van der Waals surface area contributed by atoms with Crippen molar-refractivity contribution in [3.05, 3.63) is 35.1 Å². The fourth-order valence-corrected chi connectivity index (χ4v) is 1.23. The van der Waals surface area contributed by atoms with Gasteiger partial charge in [-0.3, -0.25) is 0 Å². The molecule has 0 bridgehead atoms. The molecule has 14 heavy (non-hydrogen) atoms. The van der Waals surface area contributed by atoms with Gasteiger partial charge in [0.1, 0.15) is 5.82 Å². The van der Waals surface area contributed by atoms with Gasteiger partial charge in [0.15, 0.2) is 0 Å². The van der Waals surface area contributed by atoms with Crippen LogP contribution in [0.15, 0.2) is 18.2 Å². The minimum atomic E-state index is -0.411. The molecule has 0 aromatic heterocycles. The van der Waals surface area contributed by atoms with Crippen molar-refractivity contribution in [2.45, 2.75) is 19.4 Å². The maximum atomic E-state index is 13.3. The van der Waals surface area contributed by atoms with E-state index in [0.717, 1.165) is 5.56 Å². The highest BCUT2D eigenvalue weighted by molar-refractivity contribution is 5.85. The molecule has 4 heteroatoms. The van der Waals surface area contributed by atoms with E-state index in [1.807, 2.05) is 13.0 Å². The van der Waals surface area contributed by atoms with Crippen molar-refractivity contribution in [3.63, 3.8) is 0 Å². The summed E-state index contributed by atoms with van der Waals surface area (Å²) < 4.78 is 13.3. The zero-order valence-electron chi connectivity index (χ0n) is 8.03. The highest BCUT2D eigenvalue weighted by atomic mass is 35.5. The Balaban J connectivity index is 0.00000169. The molecule has 0 fully saturated rings. The molecule has 1 rings (SSSR count). The number of rotatable bonds is 3. The molecule has 0 saturated carbocycles. The molecule has 0 saturated heterocycles. The number of hydrogen-bond acceptors (Lipinski definition) is 2. The van der Waals surface area contributed by atoms with E-state index in [1.165, 1.54) is 6.07 Å². The van der Waals surface area contributed by atoms with Gasteiger partial charge in [0.05, 0.1) is 0 Å². The Kier molecular flexibility index (Phi) is 5.69. The van der Waals surface area contributed by atoms with Crippen LogP contribution in [0, 0.1) is 12.7 Å². The summed E-state index contributed by atoms with van der Waals surface area (Å²) >= 11 is 0. The van der Waals surface area contributed by atoms with E-state index < -0.39 is 6.04 Å². The third-order valence-electron chi connectivity index (χ3n) is 2.00. The van der Waals surface area contributed by atoms with Crippen molar-refractivity contribution >= 4 is 12.4 Å². The summed E-state index contributed by atoms with van der Waals surface area (Å²) in [5.74, 6) is -0.291. The molecular formula is C10H15ClFNO. The van der Waals surface area contributed by atoms with Crippen LogP contribution in [0.2, 0.25) is 0 Å². The Labute approximate surface area is 89.3 Å². The number of hydrogen-bond donors (Lipinski definition) is 2. The smallest absolute Gasteiger partial charge is 0.128 e. The largest absolute Gasteiger partial charge is 0.396 e. The summed E-state index contributed by atoms with van der Waals surface area (Å²) in [4.78, 5) is 0. The van der Waals surface area contributed by atoms with Gasteiger partial charge in [-0.25, -0.2) is 4.39 Å². The van der Waals surface area contributed by atoms with Gasteiger partial charge in [0, 0.05) is 18.2 Å². The molecular weight excluding hydrogens is 205 g/mol. The number of benzene rings is 1. The first-order valence-electron chi connectivity index (χ1n) is 4.27. The number of nitrogens with two attached hydrogens (primary N) is 1. The molecule has 0 amide bonds. The fraction of sp³-hybridized carbons (Fsp3) is 0.400. The summed E-state index contributed by atoms with van der Waals surface area (Å²) in [5, 5.41) is 8.64. The van der Waals surface area contributed by atoms with Crippen LogP contribution in [-0.4, -0.2) is 11.7 Å². The lowest BCUT2D eigenvalue weighted by Crippen LogP contribution is -2.13. The molecule has 0 heterocycles. The van der Waals surface area contributed by atoms with E-state index in [4.69, 9.17) is 10.8 Å². The fourth-order valence-electron chi connectivity index (χ4n) is 1.23. The standard InChI is InChI=1S/C10H14FNO.ClH/c1-7-2-3-8(9(11)6-7)10(12)4-5-13;/h2-3,6,10,13H,4-5,12H2,1H3;1H. The van der Waals surface area contributed by atoms with Crippen LogP contribution in [0.5, 0.6) is 0 Å². The van der Waals surface area contributed by atoms with Crippen LogP contribution < -0.4 is 5.73 Å². The minimum absolute atomic E-state index is 0. The van der Waals surface area contributed by atoms with Gasteiger partial charge in [-0.1, -0.05) is 12.1 Å². The predicted molar refractivity (Wildman–Crippen MR) is 57.0 cm³/mol. The average Bonchev–Trinajstić information content (AvgIpc) is 2.04. The Bertz CT molecular complexity index is 293. The Morgan fingerprint density at radius 2 is 2.14 bits per heavy atom. The van der Waals surface area contributed by atoms with E-state index in [2.05, 4.69) is 0 Å². The normalized spacial score (nSPS) is 12.0. The van der Waals surface area contributed by atoms with Gasteiger partial charge < -0.3 is 10.8 Å². The molecule has 1 aromatic rings. The van der Waals surface area contributed by atoms with Crippen molar-refractivity contribution in [1.82, 2.24) is 0 Å². The number of aliphatic hydroxyl groups excluding tert-OH is 1. The van der Waals surface area contributed by atoms with Gasteiger partial charge in [0.2, 0.25) is 0 Å². The van der Waals surface area contributed by atoms with Crippen LogP contribution in [0.4, 0.5) is 4.39 Å². The highest BCUT2D eigenvalue weighted by Crippen LogP contribution is 2.18. The van der Waals surface area contributed by atoms with Crippen LogP contribution in [0.25, 0.3) is 0 Å². The first-order chi connectivity index (χ1) is 6.15. The molecule has 0 radical (unpaired) electrons. The first kappa shape index (κ1) is 13.4. The van der Waals surface area contributed by atoms with Gasteiger partial charge >= 0.3 is 0 Å². The average molecular weight is 220 g/mol. The zero-order valence-corrected chi connectivity index (χ0v) is 8.85. The van der Waals surface area contributed by atoms with Crippen LogP contribution in [-0.2, 0) is 0 Å². The molecule has 0 aliphatic rings. The summed E-state index contributed by atoms with van der Waals surface area (Å²) in [5.41, 5.74) is 7.00. The van der Waals surface area contributed by atoms with E-state index in [0.29, 0.717) is 12.0 Å². The third kappa shape index (κ3) is 3.25. The number of halogens is 2. The topological polar surface area (TPSA) is 46.2 Å². The predicted octanol–water partition coefficient (Wildman–Crippen LogP) is 1.94. The van der Waals surface area contributed by atoms with Gasteiger partial charge in [0.25, 0.3) is 0 Å². The van der Waals surface area contributed by atoms with E-state index in [1.54, 1.807) is 6.07 Å². The van der Waals surface area contributed by atoms with Crippen molar-refractivity contribution in [2.24, 2.45) is 5.73 Å². The maximum Gasteiger partial charge on any atom is 0.128 e. The molecule has 0 spiro atoms. The SMILES string of the molecule is Cc1ccc(C(N)CCO)c(F)c1.Cl. The molecule has 2 nitrogen and oxygen atoms in total. The van der Waals surface area contributed by atoms with E-state index in [-0.39, 0.29) is 24.8 Å². The Morgan fingerprint density at radius 3 is 2.64 bits per heavy atom. The summed E-state index contributed by atoms with van der Waals surface area (Å²) in [6.07, 6.45) is 0.389. The monoisotopic (exact) mass is 219 g/mol. The second kappa shape index (κ2) is 5.96. The number of aryl methyl sites for hydroxylation is 1. The minimum Gasteiger partial charge on any atom is -0.396 e. The Morgan fingerprint density at radius 1 is 1.50 bits per heavy atom. The number of aliphatic hydroxyl groups is 1. The van der Waals surface area contributed by atoms with Crippen molar-refractivity contribution in [1.29, 1.82) is 0 Å². The summed E-state index contributed by atoms with van der Waals surface area (Å²) in [7, 11) is 0. The molecule has 80 valence electrons. The van der Waals surface area contributed by atoms with Crippen molar-refractivity contribution < 1.29 is 9.50 Å². The highest BCUT2D eigenvalue weighted by Gasteiger charge is 2.10.